The van der Waals surface area contributed by atoms with Crippen LogP contribution in [0.15, 0.2) is 35.3 Å². The predicted octanol–water partition coefficient (Wildman–Crippen LogP) is 1.74. The topological polar surface area (TPSA) is 88.0 Å². The molecular formula is C13H10N6OS. The molecule has 0 unspecified atom stereocenters. The van der Waals surface area contributed by atoms with Crippen LogP contribution >= 0.6 is 11.3 Å². The number of benzene rings is 1. The molecule has 0 aliphatic carbocycles. The van der Waals surface area contributed by atoms with E-state index in [0.717, 1.165) is 16.5 Å². The maximum atomic E-state index is 12.6. The van der Waals surface area contributed by atoms with Gasteiger partial charge in [-0.3, -0.25) is 4.79 Å². The van der Waals surface area contributed by atoms with E-state index in [9.17, 15) is 4.79 Å². The molecule has 0 atom stereocenters. The van der Waals surface area contributed by atoms with Gasteiger partial charge in [-0.2, -0.15) is 4.52 Å². The highest BCUT2D eigenvalue weighted by atomic mass is 32.1. The number of aromatic amines is 1. The minimum Gasteiger partial charge on any atom is -0.363 e. The molecule has 8 heteroatoms. The summed E-state index contributed by atoms with van der Waals surface area (Å²) < 4.78 is 1.28. The summed E-state index contributed by atoms with van der Waals surface area (Å²) >= 11 is 1.28. The normalized spacial score (nSPS) is 11.3. The van der Waals surface area contributed by atoms with Gasteiger partial charge in [0.1, 0.15) is 0 Å². The molecule has 0 bridgehead atoms. The fourth-order valence-corrected chi connectivity index (χ4v) is 2.94. The van der Waals surface area contributed by atoms with Crippen LogP contribution in [0.4, 0.5) is 5.13 Å². The lowest BCUT2D eigenvalue weighted by atomic mass is 10.1. The quantitative estimate of drug-likeness (QED) is 0.588. The number of H-pyrrole nitrogens is 1. The molecule has 2 N–H and O–H groups in total. The van der Waals surface area contributed by atoms with Crippen LogP contribution in [-0.4, -0.2) is 31.8 Å². The lowest BCUT2D eigenvalue weighted by Crippen LogP contribution is -2.19. The minimum atomic E-state index is -0.275. The maximum Gasteiger partial charge on any atom is 0.302 e. The molecule has 7 nitrogen and oxygen atoms in total. The molecule has 3 heterocycles. The van der Waals surface area contributed by atoms with Crippen LogP contribution in [-0.2, 0) is 0 Å². The fraction of sp³-hybridized carbons (Fsp3) is 0.0769. The molecule has 4 rings (SSSR count). The minimum absolute atomic E-state index is 0.275. The zero-order chi connectivity index (χ0) is 14.4. The third kappa shape index (κ3) is 1.73. The Morgan fingerprint density at radius 3 is 3.00 bits per heavy atom. The van der Waals surface area contributed by atoms with Crippen LogP contribution in [0.2, 0.25) is 0 Å². The molecule has 4 aromatic rings. The summed E-state index contributed by atoms with van der Waals surface area (Å²) in [5.41, 5.74) is 1.70. The highest BCUT2D eigenvalue weighted by Crippen LogP contribution is 2.25. The number of fused-ring (bicyclic) bond motifs is 2. The molecule has 0 radical (unpaired) electrons. The van der Waals surface area contributed by atoms with Crippen LogP contribution in [0, 0.1) is 0 Å². The SMILES string of the molecule is CNc1nn2c(=O)c(-c3c[nH]c4ccccc34)nnc2s1. The lowest BCUT2D eigenvalue weighted by molar-refractivity contribution is 0.861. The molecule has 0 fully saturated rings. The van der Waals surface area contributed by atoms with Gasteiger partial charge in [0.15, 0.2) is 5.69 Å². The van der Waals surface area contributed by atoms with Crippen LogP contribution in [0.5, 0.6) is 0 Å². The summed E-state index contributed by atoms with van der Waals surface area (Å²) in [5.74, 6) is 0. The standard InChI is InChI=1S/C13H10N6OS/c1-14-12-18-19-11(20)10(16-17-13(19)21-12)8-6-15-9-5-3-2-4-7(8)9/h2-6,15H,1H3,(H,14,18). The Bertz CT molecular complexity index is 1010. The van der Waals surface area contributed by atoms with Gasteiger partial charge in [-0.25, -0.2) is 0 Å². The highest BCUT2D eigenvalue weighted by molar-refractivity contribution is 7.20. The Hall–Kier alpha value is -2.74. The molecular weight excluding hydrogens is 288 g/mol. The molecule has 0 saturated heterocycles. The van der Waals surface area contributed by atoms with Gasteiger partial charge in [0.2, 0.25) is 10.1 Å². The summed E-state index contributed by atoms with van der Waals surface area (Å²) in [6.45, 7) is 0. The van der Waals surface area contributed by atoms with Crippen molar-refractivity contribution < 1.29 is 0 Å². The zero-order valence-corrected chi connectivity index (χ0v) is 11.8. The van der Waals surface area contributed by atoms with Crippen molar-refractivity contribution in [3.05, 3.63) is 40.8 Å². The van der Waals surface area contributed by atoms with Crippen molar-refractivity contribution in [2.24, 2.45) is 0 Å². The number of hydrogen-bond acceptors (Lipinski definition) is 6. The first-order valence-corrected chi connectivity index (χ1v) is 7.10. The molecule has 0 saturated carbocycles. The predicted molar refractivity (Wildman–Crippen MR) is 81.8 cm³/mol. The third-order valence-electron chi connectivity index (χ3n) is 3.25. The number of nitrogens with one attached hydrogen (secondary N) is 2. The van der Waals surface area contributed by atoms with Gasteiger partial charge in [-0.15, -0.1) is 15.3 Å². The van der Waals surface area contributed by atoms with Crippen molar-refractivity contribution in [1.29, 1.82) is 0 Å². The second-order valence-corrected chi connectivity index (χ2v) is 5.41. The molecule has 0 amide bonds. The zero-order valence-electron chi connectivity index (χ0n) is 11.0. The van der Waals surface area contributed by atoms with Crippen molar-refractivity contribution in [3.8, 4) is 11.3 Å². The first-order chi connectivity index (χ1) is 10.3. The Morgan fingerprint density at radius 1 is 1.29 bits per heavy atom. The number of aromatic nitrogens is 5. The molecule has 21 heavy (non-hydrogen) atoms. The number of anilines is 1. The van der Waals surface area contributed by atoms with E-state index in [-0.39, 0.29) is 11.3 Å². The van der Waals surface area contributed by atoms with Crippen LogP contribution in [0.25, 0.3) is 27.1 Å². The first-order valence-electron chi connectivity index (χ1n) is 6.29. The van der Waals surface area contributed by atoms with Crippen molar-refractivity contribution in [2.45, 2.75) is 0 Å². The average molecular weight is 298 g/mol. The Morgan fingerprint density at radius 2 is 2.14 bits per heavy atom. The Kier molecular flexibility index (Phi) is 2.51. The second-order valence-electron chi connectivity index (χ2n) is 4.45. The van der Waals surface area contributed by atoms with Crippen molar-refractivity contribution in [2.75, 3.05) is 12.4 Å². The third-order valence-corrected chi connectivity index (χ3v) is 4.16. The summed E-state index contributed by atoms with van der Waals surface area (Å²) in [6, 6.07) is 7.75. The van der Waals surface area contributed by atoms with Crippen LogP contribution in [0.1, 0.15) is 0 Å². The van der Waals surface area contributed by atoms with Gasteiger partial charge in [-0.05, 0) is 6.07 Å². The number of nitrogens with zero attached hydrogens (tertiary/aromatic N) is 4. The van der Waals surface area contributed by atoms with E-state index in [0.29, 0.717) is 10.1 Å². The monoisotopic (exact) mass is 298 g/mol. The van der Waals surface area contributed by atoms with Crippen LogP contribution in [0.3, 0.4) is 0 Å². The molecule has 3 aromatic heterocycles. The largest absolute Gasteiger partial charge is 0.363 e. The Balaban J connectivity index is 2.02. The average Bonchev–Trinajstić information content (AvgIpc) is 3.12. The maximum absolute atomic E-state index is 12.6. The summed E-state index contributed by atoms with van der Waals surface area (Å²) in [5, 5.41) is 16.8. The van der Waals surface area contributed by atoms with Gasteiger partial charge >= 0.3 is 5.56 Å². The fourth-order valence-electron chi connectivity index (χ4n) is 2.25. The van der Waals surface area contributed by atoms with E-state index < -0.39 is 0 Å². The van der Waals surface area contributed by atoms with E-state index >= 15 is 0 Å². The number of hydrogen-bond donors (Lipinski definition) is 2. The van der Waals surface area contributed by atoms with Gasteiger partial charge < -0.3 is 10.3 Å². The van der Waals surface area contributed by atoms with Crippen molar-refractivity contribution >= 4 is 32.3 Å². The molecule has 0 aliphatic rings. The lowest BCUT2D eigenvalue weighted by Gasteiger charge is -1.97. The van der Waals surface area contributed by atoms with E-state index in [2.05, 4.69) is 25.6 Å². The van der Waals surface area contributed by atoms with Crippen LogP contribution < -0.4 is 10.9 Å². The molecule has 1 aromatic carbocycles. The molecule has 0 spiro atoms. The molecule has 104 valence electrons. The number of rotatable bonds is 2. The second kappa shape index (κ2) is 4.38. The van der Waals surface area contributed by atoms with E-state index in [1.165, 1.54) is 15.9 Å². The van der Waals surface area contributed by atoms with Gasteiger partial charge in [0.05, 0.1) is 0 Å². The van der Waals surface area contributed by atoms with Gasteiger partial charge in [0.25, 0.3) is 0 Å². The van der Waals surface area contributed by atoms with E-state index in [4.69, 9.17) is 0 Å². The summed E-state index contributed by atoms with van der Waals surface area (Å²) in [4.78, 5) is 16.2. The highest BCUT2D eigenvalue weighted by Gasteiger charge is 2.15. The molecule has 0 aliphatic heterocycles. The van der Waals surface area contributed by atoms with E-state index in [1.54, 1.807) is 13.2 Å². The smallest absolute Gasteiger partial charge is 0.302 e. The van der Waals surface area contributed by atoms with Crippen molar-refractivity contribution in [1.82, 2.24) is 24.8 Å². The van der Waals surface area contributed by atoms with Gasteiger partial charge in [-0.1, -0.05) is 29.5 Å². The van der Waals surface area contributed by atoms with Crippen molar-refractivity contribution in [3.63, 3.8) is 0 Å². The summed E-state index contributed by atoms with van der Waals surface area (Å²) in [7, 11) is 1.75. The van der Waals surface area contributed by atoms with Gasteiger partial charge in [0, 0.05) is 29.7 Å². The number of para-hydroxylation sites is 1. The van der Waals surface area contributed by atoms with E-state index in [1.807, 2.05) is 24.3 Å². The summed E-state index contributed by atoms with van der Waals surface area (Å²) in [6.07, 6.45) is 1.77. The Labute approximate surface area is 122 Å². The first kappa shape index (κ1) is 12.0.